The van der Waals surface area contributed by atoms with Crippen LogP contribution in [0.4, 0.5) is 0 Å². The van der Waals surface area contributed by atoms with E-state index in [-0.39, 0.29) is 24.0 Å². The number of amides is 1. The van der Waals surface area contributed by atoms with Gasteiger partial charge in [0.05, 0.1) is 13.0 Å². The number of aliphatic carboxylic acids is 1. The molecule has 1 amide bonds. The Balaban J connectivity index is 1.83. The molecule has 0 aromatic carbocycles. The van der Waals surface area contributed by atoms with E-state index in [1.807, 2.05) is 13.8 Å². The first-order chi connectivity index (χ1) is 18.5. The van der Waals surface area contributed by atoms with Gasteiger partial charge in [0, 0.05) is 41.8 Å². The molecule has 8 heteroatoms. The Hall–Kier alpha value is -2.19. The van der Waals surface area contributed by atoms with Gasteiger partial charge in [0.25, 0.3) is 0 Å². The SMILES string of the molecule is CCCCCCCCCCCC(=O)NCCCC(CC(=O)O)c1[nH]ccc1C(=O)C1OC(C)(C)OCC1(C)C. The molecule has 0 bridgehead atoms. The summed E-state index contributed by atoms with van der Waals surface area (Å²) in [6.07, 6.45) is 13.5. The number of carbonyl (C=O) groups excluding carboxylic acids is 2. The van der Waals surface area contributed by atoms with E-state index in [1.54, 1.807) is 26.1 Å². The highest BCUT2D eigenvalue weighted by Crippen LogP contribution is 2.38. The summed E-state index contributed by atoms with van der Waals surface area (Å²) in [7, 11) is 0. The van der Waals surface area contributed by atoms with Crippen LogP contribution in [0.25, 0.3) is 0 Å². The molecule has 3 N–H and O–H groups in total. The van der Waals surface area contributed by atoms with Crippen molar-refractivity contribution in [3.8, 4) is 0 Å². The van der Waals surface area contributed by atoms with Crippen molar-refractivity contribution in [2.75, 3.05) is 13.2 Å². The largest absolute Gasteiger partial charge is 0.481 e. The third-order valence-electron chi connectivity index (χ3n) is 7.57. The average Bonchev–Trinajstić information content (AvgIpc) is 3.36. The van der Waals surface area contributed by atoms with Crippen LogP contribution in [0.3, 0.4) is 0 Å². The van der Waals surface area contributed by atoms with E-state index in [2.05, 4.69) is 17.2 Å². The predicted molar refractivity (Wildman–Crippen MR) is 153 cm³/mol. The standard InChI is InChI=1S/C31H52N2O6/c1-6-7-8-9-10-11-12-13-14-17-25(34)32-19-15-16-23(21-26(35)36)27-24(18-20-33-27)28(37)29-30(2,3)22-38-31(4,5)39-29/h18,20,23,29,33H,6-17,19,21-22H2,1-5H3,(H,32,34)(H,35,36). The molecule has 2 heterocycles. The van der Waals surface area contributed by atoms with Crippen LogP contribution in [-0.4, -0.2) is 52.8 Å². The van der Waals surface area contributed by atoms with Gasteiger partial charge in [0.2, 0.25) is 5.91 Å². The molecular weight excluding hydrogens is 496 g/mol. The van der Waals surface area contributed by atoms with E-state index < -0.39 is 23.3 Å². The maximum atomic E-state index is 13.6. The smallest absolute Gasteiger partial charge is 0.304 e. The van der Waals surface area contributed by atoms with Gasteiger partial charge in [-0.2, -0.15) is 0 Å². The Kier molecular flexibility index (Phi) is 13.7. The second kappa shape index (κ2) is 16.2. The zero-order chi connectivity index (χ0) is 28.9. The van der Waals surface area contributed by atoms with Gasteiger partial charge in [0.15, 0.2) is 11.6 Å². The third-order valence-corrected chi connectivity index (χ3v) is 7.57. The van der Waals surface area contributed by atoms with Crippen molar-refractivity contribution in [3.63, 3.8) is 0 Å². The molecule has 2 rings (SSSR count). The number of Topliss-reactive ketones (excluding diaryl/α,β-unsaturated/α-hetero) is 1. The molecule has 1 aromatic rings. The third kappa shape index (κ3) is 11.4. The second-order valence-corrected chi connectivity index (χ2v) is 12.2. The molecule has 0 radical (unpaired) electrons. The Labute approximate surface area is 235 Å². The van der Waals surface area contributed by atoms with Crippen molar-refractivity contribution < 1.29 is 29.0 Å². The van der Waals surface area contributed by atoms with Gasteiger partial charge in [0.1, 0.15) is 6.10 Å². The van der Waals surface area contributed by atoms with Crippen molar-refractivity contribution in [1.29, 1.82) is 0 Å². The highest BCUT2D eigenvalue weighted by Gasteiger charge is 2.46. The molecule has 1 saturated heterocycles. The molecule has 1 aromatic heterocycles. The number of H-pyrrole nitrogens is 1. The van der Waals surface area contributed by atoms with E-state index in [9.17, 15) is 19.5 Å². The van der Waals surface area contributed by atoms with Gasteiger partial charge in [-0.05, 0) is 39.2 Å². The van der Waals surface area contributed by atoms with Gasteiger partial charge in [-0.3, -0.25) is 14.4 Å². The van der Waals surface area contributed by atoms with Crippen LogP contribution in [0.2, 0.25) is 0 Å². The Morgan fingerprint density at radius 3 is 2.31 bits per heavy atom. The number of hydrogen-bond donors (Lipinski definition) is 3. The average molecular weight is 549 g/mol. The number of carboxylic acids is 1. The van der Waals surface area contributed by atoms with Crippen molar-refractivity contribution >= 4 is 17.7 Å². The first kappa shape index (κ1) is 33.0. The van der Waals surface area contributed by atoms with Crippen molar-refractivity contribution in [2.45, 2.75) is 136 Å². The van der Waals surface area contributed by atoms with Gasteiger partial charge < -0.3 is 24.9 Å². The number of nitrogens with one attached hydrogen (secondary N) is 2. The summed E-state index contributed by atoms with van der Waals surface area (Å²) < 4.78 is 11.8. The molecule has 0 aliphatic carbocycles. The number of ether oxygens (including phenoxy) is 2. The molecular formula is C31H52N2O6. The number of unbranched alkanes of at least 4 members (excludes halogenated alkanes) is 8. The van der Waals surface area contributed by atoms with Crippen LogP contribution in [-0.2, 0) is 19.1 Å². The highest BCUT2D eigenvalue weighted by atomic mass is 16.7. The fourth-order valence-corrected chi connectivity index (χ4v) is 5.22. The molecule has 1 aliphatic heterocycles. The summed E-state index contributed by atoms with van der Waals surface area (Å²) in [4.78, 5) is 40.7. The Morgan fingerprint density at radius 2 is 1.67 bits per heavy atom. The van der Waals surface area contributed by atoms with E-state index in [4.69, 9.17) is 9.47 Å². The Bertz CT molecular complexity index is 907. The number of aromatic amines is 1. The number of hydrogen-bond acceptors (Lipinski definition) is 5. The summed E-state index contributed by atoms with van der Waals surface area (Å²) in [6.45, 7) is 10.5. The molecule has 39 heavy (non-hydrogen) atoms. The number of carboxylic acid groups (broad SMARTS) is 1. The molecule has 8 nitrogen and oxygen atoms in total. The lowest BCUT2D eigenvalue weighted by molar-refractivity contribution is -0.298. The lowest BCUT2D eigenvalue weighted by atomic mass is 9.80. The van der Waals surface area contributed by atoms with Crippen LogP contribution in [0.1, 0.15) is 140 Å². The minimum atomic E-state index is -0.925. The lowest BCUT2D eigenvalue weighted by Crippen LogP contribution is -2.53. The fourth-order valence-electron chi connectivity index (χ4n) is 5.22. The van der Waals surface area contributed by atoms with Gasteiger partial charge >= 0.3 is 5.97 Å². The maximum Gasteiger partial charge on any atom is 0.304 e. The first-order valence-electron chi connectivity index (χ1n) is 15.0. The zero-order valence-electron chi connectivity index (χ0n) is 24.9. The number of ketones is 1. The minimum absolute atomic E-state index is 0.0463. The molecule has 222 valence electrons. The van der Waals surface area contributed by atoms with Crippen LogP contribution in [0, 0.1) is 5.41 Å². The molecule has 2 atom stereocenters. The van der Waals surface area contributed by atoms with E-state index in [0.717, 1.165) is 12.8 Å². The number of rotatable bonds is 19. The topological polar surface area (TPSA) is 118 Å². The number of aromatic nitrogens is 1. The molecule has 0 spiro atoms. The minimum Gasteiger partial charge on any atom is -0.481 e. The summed E-state index contributed by atoms with van der Waals surface area (Å²) in [5.74, 6) is -2.30. The Morgan fingerprint density at radius 1 is 1.03 bits per heavy atom. The predicted octanol–water partition coefficient (Wildman–Crippen LogP) is 6.75. The number of carbonyl (C=O) groups is 3. The molecule has 1 fully saturated rings. The molecule has 1 aliphatic rings. The van der Waals surface area contributed by atoms with Gasteiger partial charge in [-0.25, -0.2) is 0 Å². The summed E-state index contributed by atoms with van der Waals surface area (Å²) in [6, 6.07) is 1.71. The normalized spacial score (nSPS) is 18.9. The maximum absolute atomic E-state index is 13.6. The van der Waals surface area contributed by atoms with Crippen molar-refractivity contribution in [2.24, 2.45) is 5.41 Å². The fraction of sp³-hybridized carbons (Fsp3) is 0.774. The van der Waals surface area contributed by atoms with Gasteiger partial charge in [-0.15, -0.1) is 0 Å². The van der Waals surface area contributed by atoms with Crippen LogP contribution in [0.5, 0.6) is 0 Å². The van der Waals surface area contributed by atoms with E-state index in [1.165, 1.54) is 44.9 Å². The van der Waals surface area contributed by atoms with E-state index in [0.29, 0.717) is 43.7 Å². The zero-order valence-corrected chi connectivity index (χ0v) is 24.9. The quantitative estimate of drug-likeness (QED) is 0.130. The first-order valence-corrected chi connectivity index (χ1v) is 15.0. The van der Waals surface area contributed by atoms with Crippen molar-refractivity contribution in [1.82, 2.24) is 10.3 Å². The van der Waals surface area contributed by atoms with Gasteiger partial charge in [-0.1, -0.05) is 72.1 Å². The van der Waals surface area contributed by atoms with E-state index >= 15 is 0 Å². The monoisotopic (exact) mass is 548 g/mol. The van der Waals surface area contributed by atoms with Crippen molar-refractivity contribution in [3.05, 3.63) is 23.5 Å². The summed E-state index contributed by atoms with van der Waals surface area (Å²) in [5.41, 5.74) is 0.557. The van der Waals surface area contributed by atoms with Crippen LogP contribution >= 0.6 is 0 Å². The van der Waals surface area contributed by atoms with Crippen LogP contribution in [0.15, 0.2) is 12.3 Å². The second-order valence-electron chi connectivity index (χ2n) is 12.2. The highest BCUT2D eigenvalue weighted by molar-refractivity contribution is 6.01. The lowest BCUT2D eigenvalue weighted by Gasteiger charge is -2.45. The molecule has 2 unspecified atom stereocenters. The summed E-state index contributed by atoms with van der Waals surface area (Å²) >= 11 is 0. The van der Waals surface area contributed by atoms with Crippen LogP contribution < -0.4 is 5.32 Å². The molecule has 0 saturated carbocycles. The summed E-state index contributed by atoms with van der Waals surface area (Å²) in [5, 5.41) is 12.5.